The Labute approximate surface area is 174 Å². The molecule has 30 heavy (non-hydrogen) atoms. The fourth-order valence-corrected chi connectivity index (χ4v) is 4.71. The number of aliphatic hydroxyl groups excluding tert-OH is 1. The Morgan fingerprint density at radius 2 is 2.23 bits per heavy atom. The number of anilines is 2. The number of cyclic esters (lactones) is 1. The molecule has 0 bridgehead atoms. The maximum absolute atomic E-state index is 14.9. The molecule has 1 unspecified atom stereocenters. The highest BCUT2D eigenvalue weighted by Gasteiger charge is 2.34. The third-order valence-corrected chi connectivity index (χ3v) is 6.41. The minimum atomic E-state index is -0.596. The van der Waals surface area contributed by atoms with Crippen molar-refractivity contribution in [2.24, 2.45) is 14.1 Å². The number of ether oxygens (including phenoxy) is 1. The van der Waals surface area contributed by atoms with Crippen LogP contribution in [0.4, 0.5) is 20.8 Å². The number of tetrazole rings is 1. The monoisotopic (exact) mass is 432 g/mol. The molecule has 12 heteroatoms. The van der Waals surface area contributed by atoms with Crippen LogP contribution in [0.2, 0.25) is 0 Å². The predicted octanol–water partition coefficient (Wildman–Crippen LogP) is 0.740. The van der Waals surface area contributed by atoms with E-state index in [4.69, 9.17) is 9.84 Å². The predicted molar refractivity (Wildman–Crippen MR) is 104 cm³/mol. The molecule has 1 aromatic carbocycles. The molecule has 1 fully saturated rings. The molecule has 0 aliphatic carbocycles. The molecule has 0 saturated carbocycles. The molecule has 1 saturated heterocycles. The van der Waals surface area contributed by atoms with Crippen molar-refractivity contribution in [3.8, 4) is 10.6 Å². The molecular weight excluding hydrogens is 413 g/mol. The molecule has 0 radical (unpaired) electrons. The average Bonchev–Trinajstić information content (AvgIpc) is 3.46. The number of fused-ring (bicyclic) bond motifs is 1. The lowest BCUT2D eigenvalue weighted by molar-refractivity contribution is -0.745. The second-order valence-electron chi connectivity index (χ2n) is 7.21. The molecule has 0 spiro atoms. The number of halogens is 1. The zero-order valence-electron chi connectivity index (χ0n) is 16.3. The third-order valence-electron chi connectivity index (χ3n) is 5.30. The molecule has 1 atom stereocenters. The first-order chi connectivity index (χ1) is 14.4. The van der Waals surface area contributed by atoms with Crippen molar-refractivity contribution in [2.45, 2.75) is 19.2 Å². The topological polar surface area (TPSA) is 100 Å². The van der Waals surface area contributed by atoms with Gasteiger partial charge in [-0.25, -0.2) is 14.2 Å². The molecule has 5 rings (SSSR count). The molecule has 10 nitrogen and oxygen atoms in total. The van der Waals surface area contributed by atoms with Crippen LogP contribution in [0, 0.1) is 5.82 Å². The van der Waals surface area contributed by atoms with E-state index in [0.29, 0.717) is 29.3 Å². The summed E-state index contributed by atoms with van der Waals surface area (Å²) in [7, 11) is 3.70. The Balaban J connectivity index is 1.36. The van der Waals surface area contributed by atoms with E-state index in [-0.39, 0.29) is 13.2 Å². The maximum Gasteiger partial charge on any atom is 0.414 e. The summed E-state index contributed by atoms with van der Waals surface area (Å²) in [6, 6.07) is 4.59. The van der Waals surface area contributed by atoms with Crippen LogP contribution in [0.1, 0.15) is 10.6 Å². The van der Waals surface area contributed by atoms with E-state index in [1.807, 2.05) is 18.8 Å². The molecular formula is C18H19FN7O3S+. The van der Waals surface area contributed by atoms with Gasteiger partial charge in [0.15, 0.2) is 0 Å². The van der Waals surface area contributed by atoms with E-state index in [1.165, 1.54) is 22.3 Å². The van der Waals surface area contributed by atoms with E-state index in [2.05, 4.69) is 20.2 Å². The lowest BCUT2D eigenvalue weighted by Crippen LogP contribution is -2.42. The van der Waals surface area contributed by atoms with Crippen LogP contribution in [0.5, 0.6) is 0 Å². The summed E-state index contributed by atoms with van der Waals surface area (Å²) < 4.78 is 21.7. The Morgan fingerprint density at radius 1 is 1.40 bits per heavy atom. The lowest BCUT2D eigenvalue weighted by Gasteiger charge is -2.13. The summed E-state index contributed by atoms with van der Waals surface area (Å²) in [5.41, 5.74) is 1.68. The van der Waals surface area contributed by atoms with E-state index in [1.54, 1.807) is 16.9 Å². The number of aromatic nitrogens is 5. The van der Waals surface area contributed by atoms with Gasteiger partial charge in [0.1, 0.15) is 22.1 Å². The van der Waals surface area contributed by atoms with Gasteiger partial charge in [-0.15, -0.1) is 11.3 Å². The summed E-state index contributed by atoms with van der Waals surface area (Å²) in [6.45, 7) is 1.15. The Hall–Kier alpha value is -3.12. The van der Waals surface area contributed by atoms with Gasteiger partial charge in [0.2, 0.25) is 0 Å². The van der Waals surface area contributed by atoms with E-state index >= 15 is 0 Å². The molecule has 1 N–H and O–H groups in total. The number of carbonyl (C=O) groups excluding carboxylic acids is 1. The minimum Gasteiger partial charge on any atom is -0.441 e. The van der Waals surface area contributed by atoms with Gasteiger partial charge in [0.25, 0.3) is 0 Å². The highest BCUT2D eigenvalue weighted by Crippen LogP contribution is 2.36. The summed E-state index contributed by atoms with van der Waals surface area (Å²) >= 11 is 1.45. The van der Waals surface area contributed by atoms with Crippen LogP contribution < -0.4 is 14.5 Å². The Morgan fingerprint density at radius 3 is 2.87 bits per heavy atom. The van der Waals surface area contributed by atoms with Crippen molar-refractivity contribution >= 4 is 29.1 Å². The number of rotatable bonds is 4. The quantitative estimate of drug-likeness (QED) is 0.607. The minimum absolute atomic E-state index is 0.190. The summed E-state index contributed by atoms with van der Waals surface area (Å²) in [6.07, 6.45) is -1.19. The second-order valence-corrected chi connectivity index (χ2v) is 8.29. The van der Waals surface area contributed by atoms with Gasteiger partial charge in [0.05, 0.1) is 61.7 Å². The molecule has 2 aliphatic rings. The zero-order valence-corrected chi connectivity index (χ0v) is 17.1. The van der Waals surface area contributed by atoms with Crippen molar-refractivity contribution in [3.05, 3.63) is 34.6 Å². The van der Waals surface area contributed by atoms with E-state index < -0.39 is 18.0 Å². The smallest absolute Gasteiger partial charge is 0.414 e. The molecule has 2 aromatic heterocycles. The first-order valence-electron chi connectivity index (χ1n) is 9.33. The van der Waals surface area contributed by atoms with Gasteiger partial charge >= 0.3 is 12.0 Å². The van der Waals surface area contributed by atoms with E-state index in [9.17, 15) is 9.18 Å². The van der Waals surface area contributed by atoms with Crippen molar-refractivity contribution in [1.82, 2.24) is 20.1 Å². The van der Waals surface area contributed by atoms with Crippen molar-refractivity contribution in [2.75, 3.05) is 23.0 Å². The summed E-state index contributed by atoms with van der Waals surface area (Å²) in [5.74, 6) is 0.288. The second kappa shape index (κ2) is 6.99. The van der Waals surface area contributed by atoms with Gasteiger partial charge in [-0.05, 0) is 18.2 Å². The fraction of sp³-hybridized carbons (Fsp3) is 0.389. The van der Waals surface area contributed by atoms with Gasteiger partial charge in [-0.3, -0.25) is 9.80 Å². The average molecular weight is 432 g/mol. The molecule has 156 valence electrons. The van der Waals surface area contributed by atoms with Crippen molar-refractivity contribution in [1.29, 1.82) is 0 Å². The van der Waals surface area contributed by atoms with Crippen LogP contribution in [-0.2, 0) is 31.9 Å². The van der Waals surface area contributed by atoms with Gasteiger partial charge in [0, 0.05) is 5.56 Å². The number of aryl methyl sites for hydroxylation is 1. The van der Waals surface area contributed by atoms with E-state index in [0.717, 1.165) is 16.5 Å². The number of benzene rings is 1. The molecule has 3 aromatic rings. The van der Waals surface area contributed by atoms with Crippen LogP contribution in [0.3, 0.4) is 0 Å². The van der Waals surface area contributed by atoms with Gasteiger partial charge in [-0.1, -0.05) is 4.80 Å². The number of nitrogens with zero attached hydrogens (tertiary/aromatic N) is 7. The SMILES string of the molecule is Cn1nnc(N2Cc3nc(-c4ccc(N5CC(CO)OC5=O)cc4F)sc3C2)[n+]1C. The van der Waals surface area contributed by atoms with Crippen LogP contribution in [0.15, 0.2) is 18.2 Å². The normalized spacial score (nSPS) is 18.3. The number of aliphatic hydroxyl groups is 1. The molecule has 4 heterocycles. The molecule has 2 aliphatic heterocycles. The first-order valence-corrected chi connectivity index (χ1v) is 10.1. The zero-order chi connectivity index (χ0) is 21.0. The number of amides is 1. The number of thiazole rings is 1. The summed E-state index contributed by atoms with van der Waals surface area (Å²) in [5, 5.41) is 18.0. The van der Waals surface area contributed by atoms with Crippen LogP contribution in [-0.4, -0.2) is 50.5 Å². The first kappa shape index (κ1) is 18.9. The standard InChI is InChI=1S/C18H19FN7O3S/c1-23-17(21-22-24(23)2)25-7-14-15(8-25)30-16(20-14)12-4-3-10(5-13(12)19)26-6-11(9-27)29-18(26)28/h3-5,11,27H,6-9H2,1-2H3/q+1. The van der Waals surface area contributed by atoms with Crippen molar-refractivity contribution < 1.29 is 23.7 Å². The highest BCUT2D eigenvalue weighted by molar-refractivity contribution is 7.15. The Bertz CT molecular complexity index is 1120. The number of carbonyl (C=O) groups is 1. The number of hydrogen-bond acceptors (Lipinski definition) is 8. The van der Waals surface area contributed by atoms with Crippen LogP contribution in [0.25, 0.3) is 10.6 Å². The van der Waals surface area contributed by atoms with Crippen LogP contribution >= 0.6 is 11.3 Å². The summed E-state index contributed by atoms with van der Waals surface area (Å²) in [4.78, 5) is 22.7. The fourth-order valence-electron chi connectivity index (χ4n) is 3.60. The van der Waals surface area contributed by atoms with Gasteiger partial charge in [-0.2, -0.15) is 4.68 Å². The highest BCUT2D eigenvalue weighted by atomic mass is 32.1. The maximum atomic E-state index is 14.9. The largest absolute Gasteiger partial charge is 0.441 e. The lowest BCUT2D eigenvalue weighted by atomic mass is 10.2. The van der Waals surface area contributed by atoms with Crippen molar-refractivity contribution in [3.63, 3.8) is 0 Å². The van der Waals surface area contributed by atoms with Gasteiger partial charge < -0.3 is 9.84 Å². The Kier molecular flexibility index (Phi) is 4.40. The molecule has 1 amide bonds. The third kappa shape index (κ3) is 2.99. The number of hydrogen-bond donors (Lipinski definition) is 1.